The lowest BCUT2D eigenvalue weighted by Gasteiger charge is -2.19. The number of nitrogens with zero attached hydrogens (tertiary/aromatic N) is 1. The van der Waals surface area contributed by atoms with E-state index in [2.05, 4.69) is 36.8 Å². The van der Waals surface area contributed by atoms with E-state index in [9.17, 15) is 0 Å². The van der Waals surface area contributed by atoms with Crippen LogP contribution in [0.2, 0.25) is 0 Å². The topological polar surface area (TPSA) is 24.9 Å². The summed E-state index contributed by atoms with van der Waals surface area (Å²) in [5, 5.41) is 3.52. The lowest BCUT2D eigenvalue weighted by atomic mass is 10.1. The van der Waals surface area contributed by atoms with Gasteiger partial charge in [0.25, 0.3) is 0 Å². The molecule has 1 unspecified atom stereocenters. The van der Waals surface area contributed by atoms with Crippen LogP contribution in [0, 0.1) is 0 Å². The molecule has 0 radical (unpaired) electrons. The summed E-state index contributed by atoms with van der Waals surface area (Å²) in [5.74, 6) is 0. The van der Waals surface area contributed by atoms with E-state index in [0.29, 0.717) is 12.1 Å². The van der Waals surface area contributed by atoms with Gasteiger partial charge >= 0.3 is 0 Å². The Hall–Kier alpha value is -1.15. The van der Waals surface area contributed by atoms with Crippen LogP contribution in [0.3, 0.4) is 0 Å². The van der Waals surface area contributed by atoms with Crippen LogP contribution in [-0.4, -0.2) is 11.0 Å². The summed E-state index contributed by atoms with van der Waals surface area (Å²) >= 11 is 0. The quantitative estimate of drug-likeness (QED) is 0.720. The number of rotatable bonds is 6. The zero-order chi connectivity index (χ0) is 11.1. The maximum Gasteiger partial charge on any atom is 0.0570 e. The molecule has 0 saturated heterocycles. The van der Waals surface area contributed by atoms with E-state index in [4.69, 9.17) is 0 Å². The van der Waals surface area contributed by atoms with Crippen molar-refractivity contribution in [2.75, 3.05) is 0 Å². The standard InChI is InChI=1S/C13H20N2/c1-4-5-8-11(2)15-12(3)13-9-6-7-10-14-13/h4,6-7,9-12,15H,1,5,8H2,2-3H3/t11?,12-/m1/s1. The highest BCUT2D eigenvalue weighted by Crippen LogP contribution is 2.10. The summed E-state index contributed by atoms with van der Waals surface area (Å²) in [7, 11) is 0. The largest absolute Gasteiger partial charge is 0.306 e. The maximum atomic E-state index is 4.33. The normalized spacial score (nSPS) is 14.5. The van der Waals surface area contributed by atoms with Gasteiger partial charge in [-0.15, -0.1) is 6.58 Å². The molecule has 0 amide bonds. The second kappa shape index (κ2) is 6.36. The first kappa shape index (κ1) is 11.9. The van der Waals surface area contributed by atoms with Crippen molar-refractivity contribution in [3.05, 3.63) is 42.7 Å². The Balaban J connectivity index is 2.41. The smallest absolute Gasteiger partial charge is 0.0570 e. The molecule has 2 atom stereocenters. The van der Waals surface area contributed by atoms with Gasteiger partial charge in [0.05, 0.1) is 5.69 Å². The van der Waals surface area contributed by atoms with Crippen molar-refractivity contribution in [1.82, 2.24) is 10.3 Å². The van der Waals surface area contributed by atoms with Gasteiger partial charge in [-0.3, -0.25) is 4.98 Å². The highest BCUT2D eigenvalue weighted by Gasteiger charge is 2.08. The minimum atomic E-state index is 0.311. The van der Waals surface area contributed by atoms with E-state index in [-0.39, 0.29) is 0 Å². The van der Waals surface area contributed by atoms with Crippen molar-refractivity contribution in [3.63, 3.8) is 0 Å². The molecule has 0 spiro atoms. The lowest BCUT2D eigenvalue weighted by molar-refractivity contribution is 0.453. The third-order valence-corrected chi connectivity index (χ3v) is 2.47. The fourth-order valence-electron chi connectivity index (χ4n) is 1.60. The van der Waals surface area contributed by atoms with Crippen molar-refractivity contribution < 1.29 is 0 Å². The van der Waals surface area contributed by atoms with E-state index in [1.165, 1.54) is 0 Å². The van der Waals surface area contributed by atoms with Crippen LogP contribution in [0.5, 0.6) is 0 Å². The van der Waals surface area contributed by atoms with Crippen molar-refractivity contribution in [1.29, 1.82) is 0 Å². The molecule has 1 rings (SSSR count). The molecule has 0 bridgehead atoms. The van der Waals surface area contributed by atoms with Gasteiger partial charge in [0.15, 0.2) is 0 Å². The first-order valence-corrected chi connectivity index (χ1v) is 5.52. The highest BCUT2D eigenvalue weighted by molar-refractivity contribution is 5.07. The Morgan fingerprint density at radius 1 is 1.47 bits per heavy atom. The molecule has 1 aromatic heterocycles. The molecule has 1 N–H and O–H groups in total. The summed E-state index contributed by atoms with van der Waals surface area (Å²) in [6.45, 7) is 8.07. The molecule has 82 valence electrons. The number of pyridine rings is 1. The Kier molecular flexibility index (Phi) is 5.05. The number of hydrogen-bond donors (Lipinski definition) is 1. The molecule has 2 nitrogen and oxygen atoms in total. The van der Waals surface area contributed by atoms with Gasteiger partial charge in [0, 0.05) is 18.3 Å². The Morgan fingerprint density at radius 3 is 2.87 bits per heavy atom. The molecular formula is C13H20N2. The molecule has 0 aliphatic heterocycles. The SMILES string of the molecule is C=CCCC(C)N[C@H](C)c1ccccn1. The Labute approximate surface area is 92.4 Å². The summed E-state index contributed by atoms with van der Waals surface area (Å²) < 4.78 is 0. The predicted molar refractivity (Wildman–Crippen MR) is 64.7 cm³/mol. The van der Waals surface area contributed by atoms with Gasteiger partial charge in [0.2, 0.25) is 0 Å². The molecule has 15 heavy (non-hydrogen) atoms. The van der Waals surface area contributed by atoms with E-state index >= 15 is 0 Å². The number of hydrogen-bond acceptors (Lipinski definition) is 2. The summed E-state index contributed by atoms with van der Waals surface area (Å²) in [5.41, 5.74) is 1.10. The first-order valence-electron chi connectivity index (χ1n) is 5.52. The fraction of sp³-hybridized carbons (Fsp3) is 0.462. The van der Waals surface area contributed by atoms with Crippen molar-refractivity contribution >= 4 is 0 Å². The third kappa shape index (κ3) is 4.26. The van der Waals surface area contributed by atoms with Gasteiger partial charge in [-0.25, -0.2) is 0 Å². The van der Waals surface area contributed by atoms with E-state index in [1.807, 2.05) is 24.4 Å². The highest BCUT2D eigenvalue weighted by atomic mass is 15.0. The molecule has 1 aromatic rings. The van der Waals surface area contributed by atoms with Crippen molar-refractivity contribution in [2.24, 2.45) is 0 Å². The van der Waals surface area contributed by atoms with Gasteiger partial charge < -0.3 is 5.32 Å². The molecule has 0 aromatic carbocycles. The summed E-state index contributed by atoms with van der Waals surface area (Å²) in [4.78, 5) is 4.33. The number of allylic oxidation sites excluding steroid dienone is 1. The number of nitrogens with one attached hydrogen (secondary N) is 1. The zero-order valence-corrected chi connectivity index (χ0v) is 9.61. The molecule has 0 aliphatic carbocycles. The molecule has 2 heteroatoms. The average molecular weight is 204 g/mol. The van der Waals surface area contributed by atoms with Gasteiger partial charge in [-0.2, -0.15) is 0 Å². The third-order valence-electron chi connectivity index (χ3n) is 2.47. The monoisotopic (exact) mass is 204 g/mol. The van der Waals surface area contributed by atoms with Crippen LogP contribution in [0.25, 0.3) is 0 Å². The van der Waals surface area contributed by atoms with Crippen LogP contribution in [0.4, 0.5) is 0 Å². The van der Waals surface area contributed by atoms with Crippen LogP contribution in [0.1, 0.15) is 38.4 Å². The molecular weight excluding hydrogens is 184 g/mol. The summed E-state index contributed by atoms with van der Waals surface area (Å²) in [6, 6.07) is 6.83. The van der Waals surface area contributed by atoms with Gasteiger partial charge in [0.1, 0.15) is 0 Å². The predicted octanol–water partition coefficient (Wildman–Crippen LogP) is 3.09. The summed E-state index contributed by atoms with van der Waals surface area (Å²) in [6.07, 6.45) is 5.98. The fourth-order valence-corrected chi connectivity index (χ4v) is 1.60. The van der Waals surface area contributed by atoms with Gasteiger partial charge in [-0.1, -0.05) is 12.1 Å². The van der Waals surface area contributed by atoms with E-state index < -0.39 is 0 Å². The second-order valence-corrected chi connectivity index (χ2v) is 3.91. The molecule has 1 heterocycles. The minimum absolute atomic E-state index is 0.311. The average Bonchev–Trinajstić information content (AvgIpc) is 2.27. The molecule has 0 aliphatic rings. The Morgan fingerprint density at radius 2 is 2.27 bits per heavy atom. The number of aromatic nitrogens is 1. The van der Waals surface area contributed by atoms with Crippen molar-refractivity contribution in [2.45, 2.75) is 38.8 Å². The maximum absolute atomic E-state index is 4.33. The minimum Gasteiger partial charge on any atom is -0.306 e. The van der Waals surface area contributed by atoms with E-state index in [1.54, 1.807) is 0 Å². The van der Waals surface area contributed by atoms with Crippen LogP contribution < -0.4 is 5.32 Å². The van der Waals surface area contributed by atoms with Crippen LogP contribution in [0.15, 0.2) is 37.1 Å². The van der Waals surface area contributed by atoms with Gasteiger partial charge in [-0.05, 0) is 38.8 Å². The van der Waals surface area contributed by atoms with E-state index in [0.717, 1.165) is 18.5 Å². The zero-order valence-electron chi connectivity index (χ0n) is 9.61. The molecule has 0 saturated carbocycles. The lowest BCUT2D eigenvalue weighted by Crippen LogP contribution is -2.29. The van der Waals surface area contributed by atoms with Crippen molar-refractivity contribution in [3.8, 4) is 0 Å². The second-order valence-electron chi connectivity index (χ2n) is 3.91. The molecule has 0 fully saturated rings. The first-order chi connectivity index (χ1) is 7.24. The van der Waals surface area contributed by atoms with Crippen LogP contribution >= 0.6 is 0 Å². The Bertz CT molecular complexity index is 282. The van der Waals surface area contributed by atoms with Crippen LogP contribution in [-0.2, 0) is 0 Å².